The number of ether oxygens (including phenoxy) is 1. The Balaban J connectivity index is 1.58. The van der Waals surface area contributed by atoms with Crippen LogP contribution in [0, 0.1) is 0 Å². The van der Waals surface area contributed by atoms with E-state index >= 15 is 0 Å². The quantitative estimate of drug-likeness (QED) is 0.409. The molecule has 1 saturated heterocycles. The highest BCUT2D eigenvalue weighted by Crippen LogP contribution is 2.27. The van der Waals surface area contributed by atoms with Crippen LogP contribution in [-0.4, -0.2) is 41.7 Å². The van der Waals surface area contributed by atoms with Gasteiger partial charge in [-0.2, -0.15) is 0 Å². The zero-order valence-corrected chi connectivity index (χ0v) is 20.3. The number of rotatable bonds is 5. The van der Waals surface area contributed by atoms with Crippen LogP contribution in [0.4, 0.5) is 5.69 Å². The molecule has 0 aliphatic carbocycles. The number of amides is 3. The van der Waals surface area contributed by atoms with Crippen molar-refractivity contribution in [2.24, 2.45) is 0 Å². The summed E-state index contributed by atoms with van der Waals surface area (Å²) in [5, 5.41) is 6.64. The molecule has 1 fully saturated rings. The molecule has 172 valence electrons. The Bertz CT molecular complexity index is 1240. The number of anilines is 1. The molecule has 3 aromatic rings. The van der Waals surface area contributed by atoms with Crippen molar-refractivity contribution in [3.63, 3.8) is 0 Å². The Kier molecular flexibility index (Phi) is 7.23. The van der Waals surface area contributed by atoms with Gasteiger partial charge in [0.1, 0.15) is 5.69 Å². The summed E-state index contributed by atoms with van der Waals surface area (Å²) in [5.41, 5.74) is 3.50. The first-order chi connectivity index (χ1) is 15.8. The first kappa shape index (κ1) is 23.6. The van der Waals surface area contributed by atoms with Gasteiger partial charge in [-0.25, -0.2) is 4.68 Å². The topological polar surface area (TPSA) is 101 Å². The third kappa shape index (κ3) is 5.50. The van der Waals surface area contributed by atoms with Gasteiger partial charge in [-0.1, -0.05) is 39.1 Å². The fourth-order valence-corrected chi connectivity index (χ4v) is 4.33. The minimum atomic E-state index is -0.910. The molecular weight excluding hydrogens is 535 g/mol. The van der Waals surface area contributed by atoms with Crippen LogP contribution in [0.1, 0.15) is 23.3 Å². The first-order valence-corrected chi connectivity index (χ1v) is 11.6. The van der Waals surface area contributed by atoms with E-state index in [1.54, 1.807) is 36.4 Å². The molecule has 1 aromatic heterocycles. The van der Waals surface area contributed by atoms with Crippen LogP contribution in [0.3, 0.4) is 0 Å². The molecule has 3 N–H and O–H groups in total. The number of carbonyl (C=O) groups is 3. The summed E-state index contributed by atoms with van der Waals surface area (Å²) in [6.45, 7) is 0.891. The average Bonchev–Trinajstić information content (AvgIpc) is 3.42. The normalized spacial score (nSPS) is 15.4. The number of benzene rings is 2. The molecule has 1 aliphatic rings. The molecule has 33 heavy (non-hydrogen) atoms. The average molecular weight is 554 g/mol. The molecule has 3 amide bonds. The number of aromatic nitrogens is 1. The summed E-state index contributed by atoms with van der Waals surface area (Å²) < 4.78 is 7.52. The van der Waals surface area contributed by atoms with Gasteiger partial charge in [-0.15, -0.1) is 0 Å². The molecule has 0 radical (unpaired) electrons. The maximum absolute atomic E-state index is 13.1. The van der Waals surface area contributed by atoms with Gasteiger partial charge in [0, 0.05) is 28.0 Å². The van der Waals surface area contributed by atoms with E-state index < -0.39 is 17.7 Å². The summed E-state index contributed by atoms with van der Waals surface area (Å²) in [7, 11) is 0. The number of hydrogen-bond donors (Lipinski definition) is 3. The van der Waals surface area contributed by atoms with E-state index in [0.29, 0.717) is 28.2 Å². The van der Waals surface area contributed by atoms with E-state index in [9.17, 15) is 14.4 Å². The van der Waals surface area contributed by atoms with Gasteiger partial charge < -0.3 is 15.4 Å². The number of nitrogens with one attached hydrogen (secondary N) is 3. The zero-order chi connectivity index (χ0) is 23.5. The van der Waals surface area contributed by atoms with Gasteiger partial charge >= 0.3 is 11.8 Å². The maximum Gasteiger partial charge on any atom is 0.328 e. The van der Waals surface area contributed by atoms with Crippen LogP contribution in [0.25, 0.3) is 10.9 Å². The minimum absolute atomic E-state index is 0.100. The highest BCUT2D eigenvalue weighted by molar-refractivity contribution is 9.10. The SMILES string of the molecule is O=C(NC[C@H]1CCCO1)C(=O)Nn1c(C(=O)Nc2ccc(Cl)cc2Cl)cc2cc(Br)ccc21. The summed E-state index contributed by atoms with van der Waals surface area (Å²) in [4.78, 5) is 38.0. The largest absolute Gasteiger partial charge is 0.376 e. The lowest BCUT2D eigenvalue weighted by Gasteiger charge is -2.14. The zero-order valence-electron chi connectivity index (χ0n) is 17.2. The van der Waals surface area contributed by atoms with Crippen LogP contribution in [0.2, 0.25) is 10.0 Å². The molecular formula is C22H19BrCl2N4O4. The van der Waals surface area contributed by atoms with Crippen molar-refractivity contribution in [3.05, 3.63) is 62.7 Å². The predicted molar refractivity (Wildman–Crippen MR) is 130 cm³/mol. The minimum Gasteiger partial charge on any atom is -0.376 e. The summed E-state index contributed by atoms with van der Waals surface area (Å²) in [5.74, 6) is -2.27. The molecule has 2 aromatic carbocycles. The van der Waals surface area contributed by atoms with Crippen LogP contribution in [0.5, 0.6) is 0 Å². The molecule has 11 heteroatoms. The fraction of sp³-hybridized carbons (Fsp3) is 0.227. The maximum atomic E-state index is 13.1. The third-order valence-corrected chi connectivity index (χ3v) is 6.15. The van der Waals surface area contributed by atoms with Crippen LogP contribution in [0.15, 0.2) is 46.9 Å². The highest BCUT2D eigenvalue weighted by Gasteiger charge is 2.23. The molecule has 1 aliphatic heterocycles. The smallest absolute Gasteiger partial charge is 0.328 e. The Morgan fingerprint density at radius 3 is 2.64 bits per heavy atom. The van der Waals surface area contributed by atoms with E-state index in [0.717, 1.165) is 17.3 Å². The van der Waals surface area contributed by atoms with Gasteiger partial charge in [0.2, 0.25) is 0 Å². The van der Waals surface area contributed by atoms with Crippen molar-refractivity contribution in [1.29, 1.82) is 0 Å². The Labute approximate surface area is 207 Å². The van der Waals surface area contributed by atoms with E-state index in [4.69, 9.17) is 27.9 Å². The molecule has 0 spiro atoms. The lowest BCUT2D eigenvalue weighted by molar-refractivity contribution is -0.136. The van der Waals surface area contributed by atoms with Crippen LogP contribution < -0.4 is 16.1 Å². The van der Waals surface area contributed by atoms with Crippen LogP contribution >= 0.6 is 39.1 Å². The number of fused-ring (bicyclic) bond motifs is 1. The molecule has 4 rings (SSSR count). The van der Waals surface area contributed by atoms with E-state index in [1.807, 2.05) is 0 Å². The fourth-order valence-electron chi connectivity index (χ4n) is 3.50. The Morgan fingerprint density at radius 1 is 1.09 bits per heavy atom. The van der Waals surface area contributed by atoms with Crippen molar-refractivity contribution in [1.82, 2.24) is 9.99 Å². The second kappa shape index (κ2) is 10.1. The van der Waals surface area contributed by atoms with Crippen molar-refractivity contribution in [3.8, 4) is 0 Å². The van der Waals surface area contributed by atoms with Crippen molar-refractivity contribution in [2.45, 2.75) is 18.9 Å². The number of halogens is 3. The number of carbonyl (C=O) groups excluding carboxylic acids is 3. The molecule has 0 unspecified atom stereocenters. The molecule has 1 atom stereocenters. The summed E-state index contributed by atoms with van der Waals surface area (Å²) in [6.07, 6.45) is 1.65. The van der Waals surface area contributed by atoms with E-state index in [1.165, 1.54) is 10.7 Å². The second-order valence-corrected chi connectivity index (χ2v) is 9.19. The van der Waals surface area contributed by atoms with E-state index in [-0.39, 0.29) is 23.4 Å². The second-order valence-electron chi connectivity index (χ2n) is 7.43. The van der Waals surface area contributed by atoms with Crippen molar-refractivity contribution in [2.75, 3.05) is 23.9 Å². The van der Waals surface area contributed by atoms with Gasteiger partial charge in [0.05, 0.1) is 22.3 Å². The number of nitrogens with zero attached hydrogens (tertiary/aromatic N) is 1. The van der Waals surface area contributed by atoms with Gasteiger partial charge in [-0.05, 0) is 55.3 Å². The molecule has 8 nitrogen and oxygen atoms in total. The predicted octanol–water partition coefficient (Wildman–Crippen LogP) is 4.33. The van der Waals surface area contributed by atoms with E-state index in [2.05, 4.69) is 32.0 Å². The molecule has 0 bridgehead atoms. The van der Waals surface area contributed by atoms with Gasteiger partial charge in [-0.3, -0.25) is 19.8 Å². The van der Waals surface area contributed by atoms with Crippen molar-refractivity contribution >= 4 is 73.4 Å². The lowest BCUT2D eigenvalue weighted by Crippen LogP contribution is -2.42. The number of hydrogen-bond acceptors (Lipinski definition) is 4. The first-order valence-electron chi connectivity index (χ1n) is 10.1. The molecule has 0 saturated carbocycles. The lowest BCUT2D eigenvalue weighted by atomic mass is 10.2. The Morgan fingerprint density at radius 2 is 1.91 bits per heavy atom. The highest BCUT2D eigenvalue weighted by atomic mass is 79.9. The standard InChI is InChI=1S/C22H19BrCl2N4O4/c23-13-3-6-18-12(8-13)9-19(20(30)27-17-5-4-14(24)10-16(17)25)29(18)28-22(32)21(31)26-11-15-2-1-7-33-15/h3-6,8-10,15H,1-2,7,11H2,(H,26,31)(H,27,30)(H,28,32)/t15-/m1/s1. The van der Waals surface area contributed by atoms with Gasteiger partial charge in [0.25, 0.3) is 5.91 Å². The van der Waals surface area contributed by atoms with Crippen LogP contribution in [-0.2, 0) is 14.3 Å². The Hall–Kier alpha value is -2.59. The third-order valence-electron chi connectivity index (χ3n) is 5.11. The van der Waals surface area contributed by atoms with Crippen molar-refractivity contribution < 1.29 is 19.1 Å². The monoisotopic (exact) mass is 552 g/mol. The van der Waals surface area contributed by atoms with Gasteiger partial charge in [0.15, 0.2) is 0 Å². The summed E-state index contributed by atoms with van der Waals surface area (Å²) >= 11 is 15.5. The molecule has 2 heterocycles. The summed E-state index contributed by atoms with van der Waals surface area (Å²) in [6, 6.07) is 11.5.